The number of pyridine rings is 1. The molecule has 0 aliphatic rings. The Labute approximate surface area is 261 Å². The quantitative estimate of drug-likeness (QED) is 0.107. The van der Waals surface area contributed by atoms with E-state index in [-0.39, 0.29) is 31.6 Å². The molecule has 0 saturated carbocycles. The van der Waals surface area contributed by atoms with E-state index in [4.69, 9.17) is 10.1 Å². The molecule has 213 valence electrons. The Bertz CT molecular complexity index is 1620. The number of nitrogens with zero attached hydrogens (tertiary/aromatic N) is 1. The van der Waals surface area contributed by atoms with Gasteiger partial charge in [-0.05, 0) is 65.8 Å². The van der Waals surface area contributed by atoms with Crippen LogP contribution in [0.2, 0.25) is 0 Å². The van der Waals surface area contributed by atoms with Crippen molar-refractivity contribution in [3.63, 3.8) is 0 Å². The van der Waals surface area contributed by atoms with E-state index in [0.717, 1.165) is 16.8 Å². The summed E-state index contributed by atoms with van der Waals surface area (Å²) in [7, 11) is 0. The summed E-state index contributed by atoms with van der Waals surface area (Å²) in [5.74, 6) is 0.954. The average Bonchev–Trinajstić information content (AvgIpc) is 3.36. The van der Waals surface area contributed by atoms with Crippen molar-refractivity contribution in [2.45, 2.75) is 53.4 Å². The van der Waals surface area contributed by atoms with E-state index in [0.29, 0.717) is 11.8 Å². The molecule has 3 nitrogen and oxygen atoms in total. The molecule has 2 aromatic heterocycles. The van der Waals surface area contributed by atoms with Crippen LogP contribution in [0.15, 0.2) is 96.8 Å². The number of aliphatic hydroxyl groups is 1. The molecule has 0 saturated heterocycles. The van der Waals surface area contributed by atoms with Crippen LogP contribution in [0, 0.1) is 6.07 Å². The van der Waals surface area contributed by atoms with E-state index in [1.807, 2.05) is 23.5 Å². The van der Waals surface area contributed by atoms with E-state index in [1.165, 1.54) is 57.3 Å². The van der Waals surface area contributed by atoms with Crippen molar-refractivity contribution < 1.29 is 30.0 Å². The number of rotatable bonds is 6. The van der Waals surface area contributed by atoms with Crippen molar-refractivity contribution in [1.82, 2.24) is 4.98 Å². The first kappa shape index (κ1) is 32.1. The second-order valence-corrected chi connectivity index (χ2v) is 11.7. The molecule has 2 heterocycles. The number of fused-ring (bicyclic) bond motifs is 1. The summed E-state index contributed by atoms with van der Waals surface area (Å²) in [5.41, 5.74) is 9.52. The molecule has 3 aromatic carbocycles. The van der Waals surface area contributed by atoms with Crippen molar-refractivity contribution in [3.8, 4) is 32.8 Å². The molecule has 5 rings (SSSR count). The summed E-state index contributed by atoms with van der Waals surface area (Å²) < 4.78 is 1.22. The third kappa shape index (κ3) is 8.56. The Hall–Kier alpha value is -3.37. The zero-order valence-corrected chi connectivity index (χ0v) is 27.6. The van der Waals surface area contributed by atoms with E-state index in [2.05, 4.69) is 107 Å². The summed E-state index contributed by atoms with van der Waals surface area (Å²) in [4.78, 5) is 16.3. The van der Waals surface area contributed by atoms with Crippen molar-refractivity contribution in [2.24, 2.45) is 0 Å². The van der Waals surface area contributed by atoms with Crippen LogP contribution in [0.3, 0.4) is 0 Å². The van der Waals surface area contributed by atoms with Gasteiger partial charge in [-0.25, -0.2) is 0 Å². The van der Waals surface area contributed by atoms with Crippen molar-refractivity contribution in [3.05, 3.63) is 114 Å². The standard InChI is InChI=1S/C31H28NS.C5H8O2.Ir/c1-20(2)25-16-26(21(3)4)18-27(17-25)31-19-29-30(33-31)14-13-28(32-29)24-12-8-11-23(15-24)22-9-6-5-7-10-22;1-4(6)3-5(2)7;/h5-11,13-21H,1-4H3;3,6H,1-2H3;/q-1;;/b;4-3-;. The van der Waals surface area contributed by atoms with Crippen LogP contribution < -0.4 is 0 Å². The second kappa shape index (κ2) is 14.5. The predicted molar refractivity (Wildman–Crippen MR) is 170 cm³/mol. The first-order chi connectivity index (χ1) is 19.1. The Kier molecular flexibility index (Phi) is 11.4. The Morgan fingerprint density at radius 3 is 2.05 bits per heavy atom. The first-order valence-corrected chi connectivity index (χ1v) is 14.4. The normalized spacial score (nSPS) is 11.3. The molecular weight excluding hydrogens is 703 g/mol. The summed E-state index contributed by atoms with van der Waals surface area (Å²) in [6.07, 6.45) is 1.17. The van der Waals surface area contributed by atoms with Gasteiger partial charge in [0.2, 0.25) is 0 Å². The van der Waals surface area contributed by atoms with E-state index in [1.54, 1.807) is 0 Å². The zero-order chi connectivity index (χ0) is 28.8. The van der Waals surface area contributed by atoms with Crippen LogP contribution >= 0.6 is 11.3 Å². The SMILES string of the molecule is CC(=O)/C=C(/C)O.CC(C)c1cc(-c2cc3nc(-c4[c-]ccc(-c5ccccc5)c4)ccc3s2)cc(C(C)C)c1.[Ir]. The van der Waals surface area contributed by atoms with Gasteiger partial charge in [0.15, 0.2) is 5.78 Å². The van der Waals surface area contributed by atoms with Gasteiger partial charge in [-0.2, -0.15) is 0 Å². The van der Waals surface area contributed by atoms with Gasteiger partial charge in [-0.3, -0.25) is 9.78 Å². The molecule has 0 spiro atoms. The number of thiophene rings is 1. The molecule has 0 unspecified atom stereocenters. The van der Waals surface area contributed by atoms with Crippen LogP contribution in [-0.4, -0.2) is 15.9 Å². The second-order valence-electron chi connectivity index (χ2n) is 10.6. The summed E-state index contributed by atoms with van der Waals surface area (Å²) in [6, 6.07) is 33.7. The third-order valence-electron chi connectivity index (χ3n) is 6.57. The van der Waals surface area contributed by atoms with Gasteiger partial charge in [0, 0.05) is 31.1 Å². The molecule has 0 atom stereocenters. The summed E-state index contributed by atoms with van der Waals surface area (Å²) in [6.45, 7) is 11.9. The molecule has 0 amide bonds. The monoisotopic (exact) mass is 739 g/mol. The summed E-state index contributed by atoms with van der Waals surface area (Å²) >= 11 is 1.82. The molecular formula is C36H36IrNO2S-. The average molecular weight is 739 g/mol. The molecule has 1 N–H and O–H groups in total. The maximum Gasteiger partial charge on any atom is 0.155 e. The summed E-state index contributed by atoms with van der Waals surface area (Å²) in [5, 5.41) is 8.36. The maximum absolute atomic E-state index is 10.0. The molecule has 5 aromatic rings. The van der Waals surface area contributed by atoms with Crippen LogP contribution in [0.5, 0.6) is 0 Å². The maximum atomic E-state index is 10.0. The minimum absolute atomic E-state index is 0. The fourth-order valence-corrected chi connectivity index (χ4v) is 5.41. The van der Waals surface area contributed by atoms with Gasteiger partial charge in [-0.15, -0.1) is 46.7 Å². The van der Waals surface area contributed by atoms with Gasteiger partial charge in [0.25, 0.3) is 0 Å². The number of aromatic nitrogens is 1. The number of aliphatic hydroxyl groups excluding tert-OH is 1. The number of allylic oxidation sites excluding steroid dienone is 2. The fraction of sp³-hybridized carbons (Fsp3) is 0.222. The largest absolute Gasteiger partial charge is 0.512 e. The molecule has 41 heavy (non-hydrogen) atoms. The molecule has 0 aliphatic heterocycles. The van der Waals surface area contributed by atoms with E-state index in [9.17, 15) is 4.79 Å². The first-order valence-electron chi connectivity index (χ1n) is 13.6. The molecule has 0 bridgehead atoms. The number of carbonyl (C=O) groups is 1. The van der Waals surface area contributed by atoms with Gasteiger partial charge in [0.1, 0.15) is 0 Å². The van der Waals surface area contributed by atoms with E-state index < -0.39 is 0 Å². The van der Waals surface area contributed by atoms with Gasteiger partial charge >= 0.3 is 0 Å². The number of hydrogen-bond donors (Lipinski definition) is 1. The minimum Gasteiger partial charge on any atom is -0.512 e. The molecule has 0 aliphatic carbocycles. The minimum atomic E-state index is -0.125. The number of hydrogen-bond acceptors (Lipinski definition) is 4. The Morgan fingerprint density at radius 2 is 1.49 bits per heavy atom. The smallest absolute Gasteiger partial charge is 0.155 e. The number of benzene rings is 3. The van der Waals surface area contributed by atoms with Crippen LogP contribution in [0.25, 0.3) is 43.0 Å². The van der Waals surface area contributed by atoms with Crippen molar-refractivity contribution in [2.75, 3.05) is 0 Å². The van der Waals surface area contributed by atoms with Gasteiger partial charge in [0.05, 0.1) is 16.0 Å². The zero-order valence-electron chi connectivity index (χ0n) is 24.4. The Balaban J connectivity index is 0.000000516. The predicted octanol–water partition coefficient (Wildman–Crippen LogP) is 10.4. The number of ketones is 1. The van der Waals surface area contributed by atoms with Crippen molar-refractivity contribution in [1.29, 1.82) is 0 Å². The van der Waals surface area contributed by atoms with Crippen LogP contribution in [-0.2, 0) is 24.9 Å². The van der Waals surface area contributed by atoms with Crippen molar-refractivity contribution >= 4 is 27.3 Å². The Morgan fingerprint density at radius 1 is 0.829 bits per heavy atom. The third-order valence-corrected chi connectivity index (χ3v) is 7.70. The number of carbonyl (C=O) groups excluding carboxylic acids is 1. The molecule has 5 heteroatoms. The van der Waals surface area contributed by atoms with E-state index >= 15 is 0 Å². The van der Waals surface area contributed by atoms with Crippen LogP contribution in [0.4, 0.5) is 0 Å². The molecule has 1 radical (unpaired) electrons. The molecule has 0 fully saturated rings. The van der Waals surface area contributed by atoms with Gasteiger partial charge in [-0.1, -0.05) is 82.3 Å². The van der Waals surface area contributed by atoms with Crippen LogP contribution in [0.1, 0.15) is 64.5 Å². The topological polar surface area (TPSA) is 50.2 Å². The van der Waals surface area contributed by atoms with Gasteiger partial charge < -0.3 is 5.11 Å². The fourth-order valence-electron chi connectivity index (χ4n) is 4.42.